The van der Waals surface area contributed by atoms with E-state index in [0.717, 1.165) is 9.80 Å². The minimum Gasteiger partial charge on any atom is -0.394 e. The molecule has 14 N–H and O–H groups in total. The number of amides is 6. The van der Waals surface area contributed by atoms with Crippen molar-refractivity contribution in [2.75, 3.05) is 75.7 Å². The van der Waals surface area contributed by atoms with Crippen molar-refractivity contribution < 1.29 is 79.8 Å². The molecule has 2 rings (SSSR count). The summed E-state index contributed by atoms with van der Waals surface area (Å²) in [6, 6.07) is -4.40. The highest BCUT2D eigenvalue weighted by Gasteiger charge is 2.33. The molecule has 2 aromatic rings. The molecule has 22 nitrogen and oxygen atoms in total. The lowest BCUT2D eigenvalue weighted by Gasteiger charge is -2.31. The van der Waals surface area contributed by atoms with E-state index in [1.54, 1.807) is 6.92 Å². The highest BCUT2D eigenvalue weighted by atomic mass is 16.3. The Morgan fingerprint density at radius 3 is 0.892 bits per heavy atom. The highest BCUT2D eigenvalue weighted by molar-refractivity contribution is 6.08. The van der Waals surface area contributed by atoms with Crippen molar-refractivity contribution >= 4 is 47.8 Å². The summed E-state index contributed by atoms with van der Waals surface area (Å²) in [6.07, 6.45) is -2.89. The van der Waals surface area contributed by atoms with Gasteiger partial charge in [-0.3, -0.25) is 28.8 Å². The SMILES string of the molecule is CC.CC.CC.CC.CC.CCc1c(C(=O)NC(CO)CO)c(C)c(C(=O)NC(CO)CO)c(C)c1N(C=O)CC(O)CC(O)CN(C=O)c1c(C)c(C(=O)NC(CO)CO)c(C)c(C(=O)NC(CO)CO)c1C. The third-order valence-corrected chi connectivity index (χ3v) is 10.8. The summed E-state index contributed by atoms with van der Waals surface area (Å²) >= 11 is 0. The zero-order valence-electron chi connectivity index (χ0n) is 46.9. The second kappa shape index (κ2) is 42.1. The first-order valence-corrected chi connectivity index (χ1v) is 25.5. The van der Waals surface area contributed by atoms with Gasteiger partial charge in [0, 0.05) is 28.7 Å². The van der Waals surface area contributed by atoms with Crippen LogP contribution in [-0.4, -0.2) is 190 Å². The first-order valence-electron chi connectivity index (χ1n) is 25.5. The predicted molar refractivity (Wildman–Crippen MR) is 288 cm³/mol. The van der Waals surface area contributed by atoms with Crippen molar-refractivity contribution in [3.05, 3.63) is 55.6 Å². The second-order valence-corrected chi connectivity index (χ2v) is 15.4. The van der Waals surface area contributed by atoms with Crippen molar-refractivity contribution in [2.24, 2.45) is 0 Å². The van der Waals surface area contributed by atoms with Crippen LogP contribution in [0.15, 0.2) is 0 Å². The van der Waals surface area contributed by atoms with Gasteiger partial charge < -0.3 is 82.1 Å². The molecule has 0 radical (unpaired) electrons. The lowest BCUT2D eigenvalue weighted by atomic mass is 9.87. The molecule has 2 unspecified atom stereocenters. The highest BCUT2D eigenvalue weighted by Crippen LogP contribution is 2.37. The third-order valence-electron chi connectivity index (χ3n) is 10.8. The van der Waals surface area contributed by atoms with Crippen LogP contribution in [0.25, 0.3) is 0 Å². The van der Waals surface area contributed by atoms with Crippen LogP contribution in [0, 0.1) is 34.6 Å². The smallest absolute Gasteiger partial charge is 0.252 e. The van der Waals surface area contributed by atoms with Gasteiger partial charge >= 0.3 is 0 Å². The molecule has 0 aliphatic carbocycles. The lowest BCUT2D eigenvalue weighted by Crippen LogP contribution is -2.43. The molecule has 2 atom stereocenters. The maximum Gasteiger partial charge on any atom is 0.252 e. The van der Waals surface area contributed by atoms with Gasteiger partial charge in [0.25, 0.3) is 23.6 Å². The number of carbonyl (C=O) groups is 6. The molecule has 0 bridgehead atoms. The molecule has 428 valence electrons. The molecule has 0 fully saturated rings. The fourth-order valence-corrected chi connectivity index (χ4v) is 7.71. The minimum atomic E-state index is -1.56. The van der Waals surface area contributed by atoms with Crippen LogP contribution in [0.1, 0.15) is 157 Å². The zero-order chi connectivity index (χ0) is 58.6. The normalized spacial score (nSPS) is 11.1. The number of aliphatic hydroxyl groups excluding tert-OH is 10. The molecule has 0 saturated heterocycles. The van der Waals surface area contributed by atoms with Gasteiger partial charge in [0.15, 0.2) is 0 Å². The summed E-state index contributed by atoms with van der Waals surface area (Å²) in [5, 5.41) is 110. The number of nitrogens with one attached hydrogen (secondary N) is 4. The Hall–Kier alpha value is -5.14. The summed E-state index contributed by atoms with van der Waals surface area (Å²) in [6.45, 7) is 22.7. The lowest BCUT2D eigenvalue weighted by molar-refractivity contribution is -0.108. The van der Waals surface area contributed by atoms with E-state index in [9.17, 15) is 79.8 Å². The van der Waals surface area contributed by atoms with Crippen LogP contribution < -0.4 is 31.1 Å². The Bertz CT molecular complexity index is 1900. The second-order valence-electron chi connectivity index (χ2n) is 15.4. The first kappa shape index (κ1) is 75.4. The minimum absolute atomic E-state index is 0.0122. The van der Waals surface area contributed by atoms with Crippen molar-refractivity contribution in [1.82, 2.24) is 21.3 Å². The Labute approximate surface area is 439 Å². The van der Waals surface area contributed by atoms with Crippen molar-refractivity contribution in [2.45, 2.75) is 160 Å². The molecule has 0 aromatic heterocycles. The van der Waals surface area contributed by atoms with E-state index in [2.05, 4.69) is 21.3 Å². The molecule has 0 aliphatic heterocycles. The molecule has 0 saturated carbocycles. The standard InChI is InChI=1S/C42H64N6O16.5C2H6/c1-7-32-36(42(64)46-29(17-55)18-56)22(3)35(41(63)45-28(15-53)16-54)25(6)38(32)48(20-58)10-31(60)8-30(59)9-47(19-57)37-23(4)33(39(61)43-26(11-49)12-50)21(2)34(24(37)5)40(62)44-27(13-51)14-52;5*1-2/h19-20,26-31,49-56,59-60H,7-18H2,1-6H3,(H,43,61)(H,44,62)(H,45,63)(H,46,64);5*1-2H3. The molecule has 2 aromatic carbocycles. The van der Waals surface area contributed by atoms with Gasteiger partial charge in [-0.2, -0.15) is 0 Å². The maximum absolute atomic E-state index is 13.8. The third kappa shape index (κ3) is 21.2. The molecule has 0 spiro atoms. The van der Waals surface area contributed by atoms with Crippen LogP contribution in [0.4, 0.5) is 11.4 Å². The number of anilines is 2. The Balaban J connectivity index is -0.00000230. The average molecular weight is 1060 g/mol. The van der Waals surface area contributed by atoms with E-state index in [4.69, 9.17) is 0 Å². The van der Waals surface area contributed by atoms with Gasteiger partial charge in [-0.1, -0.05) is 76.2 Å². The van der Waals surface area contributed by atoms with Crippen molar-refractivity contribution in [3.8, 4) is 0 Å². The topological polar surface area (TPSA) is 359 Å². The molecule has 0 aliphatic rings. The average Bonchev–Trinajstić information content (AvgIpc) is 3.41. The van der Waals surface area contributed by atoms with Crippen LogP contribution in [-0.2, 0) is 16.0 Å². The molecule has 74 heavy (non-hydrogen) atoms. The molecule has 22 heteroatoms. The predicted octanol–water partition coefficient (Wildman–Crippen LogP) is 0.992. The Morgan fingerprint density at radius 1 is 0.419 bits per heavy atom. The molecular formula is C52H94N6O16. The number of hydrogen-bond donors (Lipinski definition) is 14. The van der Waals surface area contributed by atoms with E-state index >= 15 is 0 Å². The number of rotatable bonds is 27. The van der Waals surface area contributed by atoms with Crippen LogP contribution >= 0.6 is 0 Å². The van der Waals surface area contributed by atoms with E-state index in [1.165, 1.54) is 34.6 Å². The summed E-state index contributed by atoms with van der Waals surface area (Å²) in [4.78, 5) is 82.3. The summed E-state index contributed by atoms with van der Waals surface area (Å²) in [5.74, 6) is -3.32. The number of benzene rings is 2. The molecule has 6 amide bonds. The van der Waals surface area contributed by atoms with Gasteiger partial charge in [0.05, 0.1) is 114 Å². The summed E-state index contributed by atoms with van der Waals surface area (Å²) < 4.78 is 0. The largest absolute Gasteiger partial charge is 0.394 e. The molecular weight excluding hydrogens is 965 g/mol. The molecule has 0 heterocycles. The van der Waals surface area contributed by atoms with E-state index in [-0.39, 0.29) is 73.4 Å². The monoisotopic (exact) mass is 1060 g/mol. The Kier molecular flexibility index (Phi) is 42.9. The fourth-order valence-electron chi connectivity index (χ4n) is 7.71. The van der Waals surface area contributed by atoms with Gasteiger partial charge in [-0.25, -0.2) is 0 Å². The van der Waals surface area contributed by atoms with Crippen molar-refractivity contribution in [1.29, 1.82) is 0 Å². The van der Waals surface area contributed by atoms with E-state index in [1.807, 2.05) is 69.2 Å². The number of carbonyl (C=O) groups excluding carboxylic acids is 6. The maximum atomic E-state index is 13.8. The quantitative estimate of drug-likeness (QED) is 0.0555. The van der Waals surface area contributed by atoms with E-state index < -0.39 is 132 Å². The van der Waals surface area contributed by atoms with Crippen LogP contribution in [0.2, 0.25) is 0 Å². The first-order chi connectivity index (χ1) is 35.3. The van der Waals surface area contributed by atoms with Gasteiger partial charge in [0.1, 0.15) is 0 Å². The van der Waals surface area contributed by atoms with Crippen LogP contribution in [0.5, 0.6) is 0 Å². The van der Waals surface area contributed by atoms with Gasteiger partial charge in [0.2, 0.25) is 12.8 Å². The number of hydrogen-bond acceptors (Lipinski definition) is 16. The van der Waals surface area contributed by atoms with E-state index in [0.29, 0.717) is 12.8 Å². The van der Waals surface area contributed by atoms with Crippen molar-refractivity contribution in [3.63, 3.8) is 0 Å². The summed E-state index contributed by atoms with van der Waals surface area (Å²) in [7, 11) is 0. The zero-order valence-corrected chi connectivity index (χ0v) is 46.9. The Morgan fingerprint density at radius 2 is 0.649 bits per heavy atom. The van der Waals surface area contributed by atoms with Gasteiger partial charge in [-0.15, -0.1) is 0 Å². The number of nitrogens with zero attached hydrogens (tertiary/aromatic N) is 2. The van der Waals surface area contributed by atoms with Crippen LogP contribution in [0.3, 0.4) is 0 Å². The fraction of sp³-hybridized carbons (Fsp3) is 0.654. The summed E-state index contributed by atoms with van der Waals surface area (Å²) in [5.41, 5.74) is 0.441. The van der Waals surface area contributed by atoms with Gasteiger partial charge in [-0.05, 0) is 74.4 Å². The number of aliphatic hydroxyl groups is 10.